The smallest absolute Gasteiger partial charge is 0.257 e. The molecular weight excluding hydrogens is 450 g/mol. The van der Waals surface area contributed by atoms with Crippen LogP contribution in [0.5, 0.6) is 5.75 Å². The van der Waals surface area contributed by atoms with Gasteiger partial charge in [-0.3, -0.25) is 10.1 Å². The average molecular weight is 480 g/mol. The lowest BCUT2D eigenvalue weighted by Gasteiger charge is -2.06. The zero-order chi connectivity index (χ0) is 23.5. The minimum Gasteiger partial charge on any atom is -0.490 e. The summed E-state index contributed by atoms with van der Waals surface area (Å²) in [6, 6.07) is 17.3. The molecule has 3 aromatic rings. The first-order valence-electron chi connectivity index (χ1n) is 10.8. The lowest BCUT2D eigenvalue weighted by atomic mass is 10.1. The molecule has 1 aromatic heterocycles. The highest BCUT2D eigenvalue weighted by molar-refractivity contribution is 8.00. The summed E-state index contributed by atoms with van der Waals surface area (Å²) in [6.45, 7) is 6.86. The van der Waals surface area contributed by atoms with Gasteiger partial charge in [0.1, 0.15) is 12.4 Å². The van der Waals surface area contributed by atoms with E-state index in [2.05, 4.69) is 60.6 Å². The summed E-state index contributed by atoms with van der Waals surface area (Å²) < 4.78 is 6.60. The van der Waals surface area contributed by atoms with Gasteiger partial charge >= 0.3 is 0 Å². The topological polar surface area (TPSA) is 64.1 Å². The van der Waals surface area contributed by atoms with Crippen molar-refractivity contribution >= 4 is 34.1 Å². The van der Waals surface area contributed by atoms with Crippen LogP contribution in [0.15, 0.2) is 82.2 Å². The lowest BCUT2D eigenvalue weighted by molar-refractivity contribution is 0.102. The summed E-state index contributed by atoms with van der Waals surface area (Å²) in [6.07, 6.45) is 6.43. The van der Waals surface area contributed by atoms with Gasteiger partial charge in [0.2, 0.25) is 5.13 Å². The third kappa shape index (κ3) is 8.86. The van der Waals surface area contributed by atoms with Crippen LogP contribution < -0.4 is 10.1 Å². The molecule has 0 unspecified atom stereocenters. The number of anilines is 1. The van der Waals surface area contributed by atoms with Gasteiger partial charge in [0.25, 0.3) is 5.91 Å². The van der Waals surface area contributed by atoms with Crippen molar-refractivity contribution in [1.82, 2.24) is 10.2 Å². The van der Waals surface area contributed by atoms with Crippen molar-refractivity contribution in [2.45, 2.75) is 43.7 Å². The van der Waals surface area contributed by atoms with Gasteiger partial charge in [0.05, 0.1) is 0 Å². The molecule has 0 aliphatic carbocycles. The first-order chi connectivity index (χ1) is 16.0. The number of carbonyl (C=O) groups excluding carboxylic acids is 1. The van der Waals surface area contributed by atoms with Crippen molar-refractivity contribution in [3.8, 4) is 5.75 Å². The second kappa shape index (κ2) is 13.0. The van der Waals surface area contributed by atoms with E-state index < -0.39 is 0 Å². The zero-order valence-electron chi connectivity index (χ0n) is 19.2. The second-order valence-electron chi connectivity index (χ2n) is 7.81. The summed E-state index contributed by atoms with van der Waals surface area (Å²) in [5.74, 6) is 1.33. The van der Waals surface area contributed by atoms with Crippen LogP contribution in [0.1, 0.15) is 49.5 Å². The quantitative estimate of drug-likeness (QED) is 0.180. The minimum atomic E-state index is -0.215. The number of hydrogen-bond donors (Lipinski definition) is 1. The Bertz CT molecular complexity index is 1090. The number of ether oxygens (including phenoxy) is 1. The first kappa shape index (κ1) is 24.7. The van der Waals surface area contributed by atoms with E-state index in [0.29, 0.717) is 17.3 Å². The van der Waals surface area contributed by atoms with Crippen LogP contribution in [0, 0.1) is 0 Å². The molecule has 2 aromatic carbocycles. The molecule has 3 rings (SSSR count). The number of allylic oxidation sites excluding steroid dienone is 3. The molecule has 172 valence electrons. The lowest BCUT2D eigenvalue weighted by Crippen LogP contribution is -2.11. The molecule has 1 amide bonds. The standard InChI is InChI=1S/C26H29N3O2S2/c1-19(2)8-7-9-20(3)16-17-31-23-14-12-22(13-15-23)24(30)27-25-28-29-26(33-25)32-18-21-10-5-4-6-11-21/h4-6,8,10-16H,7,9,17-18H2,1-3H3,(H,27,28,30)/b20-16+. The van der Waals surface area contributed by atoms with Crippen LogP contribution >= 0.6 is 23.1 Å². The molecule has 33 heavy (non-hydrogen) atoms. The highest BCUT2D eigenvalue weighted by Gasteiger charge is 2.11. The number of benzene rings is 2. The predicted molar refractivity (Wildman–Crippen MR) is 138 cm³/mol. The fourth-order valence-corrected chi connectivity index (χ4v) is 4.58. The van der Waals surface area contributed by atoms with Crippen LogP contribution in [0.25, 0.3) is 0 Å². The van der Waals surface area contributed by atoms with Crippen LogP contribution in [-0.2, 0) is 5.75 Å². The third-order valence-corrected chi connectivity index (χ3v) is 6.76. The van der Waals surface area contributed by atoms with E-state index in [9.17, 15) is 4.79 Å². The summed E-state index contributed by atoms with van der Waals surface area (Å²) >= 11 is 2.98. The maximum Gasteiger partial charge on any atom is 0.257 e. The summed E-state index contributed by atoms with van der Waals surface area (Å²) in [7, 11) is 0. The molecule has 0 bridgehead atoms. The molecule has 0 spiro atoms. The highest BCUT2D eigenvalue weighted by atomic mass is 32.2. The van der Waals surface area contributed by atoms with Crippen molar-refractivity contribution in [2.75, 3.05) is 11.9 Å². The molecular formula is C26H29N3O2S2. The second-order valence-corrected chi connectivity index (χ2v) is 10.0. The number of thioether (sulfide) groups is 1. The Labute approximate surface area is 204 Å². The molecule has 7 heteroatoms. The van der Waals surface area contributed by atoms with Gasteiger partial charge in [-0.15, -0.1) is 10.2 Å². The Balaban J connectivity index is 1.44. The van der Waals surface area contributed by atoms with E-state index >= 15 is 0 Å². The van der Waals surface area contributed by atoms with Gasteiger partial charge in [-0.05, 0) is 69.5 Å². The molecule has 0 saturated carbocycles. The van der Waals surface area contributed by atoms with Gasteiger partial charge in [0, 0.05) is 11.3 Å². The van der Waals surface area contributed by atoms with Crippen molar-refractivity contribution < 1.29 is 9.53 Å². The fourth-order valence-electron chi connectivity index (χ4n) is 2.88. The largest absolute Gasteiger partial charge is 0.490 e. The molecule has 0 aliphatic rings. The Hall–Kier alpha value is -2.90. The van der Waals surface area contributed by atoms with E-state index in [0.717, 1.165) is 28.7 Å². The summed E-state index contributed by atoms with van der Waals surface area (Å²) in [5.41, 5.74) is 4.42. The fraction of sp³-hybridized carbons (Fsp3) is 0.269. The van der Waals surface area contributed by atoms with Crippen molar-refractivity contribution in [3.05, 3.63) is 89.0 Å². The number of carbonyl (C=O) groups is 1. The van der Waals surface area contributed by atoms with Crippen LogP contribution in [0.3, 0.4) is 0 Å². The Morgan fingerprint density at radius 2 is 1.79 bits per heavy atom. The molecule has 0 saturated heterocycles. The van der Waals surface area contributed by atoms with E-state index in [4.69, 9.17) is 4.74 Å². The Kier molecular flexibility index (Phi) is 9.72. The molecule has 5 nitrogen and oxygen atoms in total. The molecule has 1 N–H and O–H groups in total. The van der Waals surface area contributed by atoms with E-state index in [1.807, 2.05) is 30.3 Å². The average Bonchev–Trinajstić information content (AvgIpc) is 3.26. The Morgan fingerprint density at radius 1 is 1.03 bits per heavy atom. The number of amides is 1. The van der Waals surface area contributed by atoms with Crippen molar-refractivity contribution in [2.24, 2.45) is 0 Å². The minimum absolute atomic E-state index is 0.215. The van der Waals surface area contributed by atoms with Gasteiger partial charge in [0.15, 0.2) is 4.34 Å². The van der Waals surface area contributed by atoms with Crippen molar-refractivity contribution in [1.29, 1.82) is 0 Å². The monoisotopic (exact) mass is 479 g/mol. The highest BCUT2D eigenvalue weighted by Crippen LogP contribution is 2.28. The van der Waals surface area contributed by atoms with E-state index in [1.54, 1.807) is 23.9 Å². The number of aromatic nitrogens is 2. The Morgan fingerprint density at radius 3 is 2.52 bits per heavy atom. The van der Waals surface area contributed by atoms with Gasteiger partial charge < -0.3 is 4.74 Å². The summed E-state index contributed by atoms with van der Waals surface area (Å²) in [5, 5.41) is 11.5. The molecule has 0 aliphatic heterocycles. The van der Waals surface area contributed by atoms with Gasteiger partial charge in [-0.1, -0.05) is 70.7 Å². The number of nitrogens with zero attached hydrogens (tertiary/aromatic N) is 2. The maximum atomic E-state index is 12.5. The van der Waals surface area contributed by atoms with E-state index in [-0.39, 0.29) is 5.91 Å². The normalized spacial score (nSPS) is 11.2. The maximum absolute atomic E-state index is 12.5. The van der Waals surface area contributed by atoms with Gasteiger partial charge in [-0.2, -0.15) is 0 Å². The van der Waals surface area contributed by atoms with Crippen LogP contribution in [0.4, 0.5) is 5.13 Å². The first-order valence-corrected chi connectivity index (χ1v) is 12.6. The predicted octanol–water partition coefficient (Wildman–Crippen LogP) is 7.15. The third-order valence-electron chi connectivity index (χ3n) is 4.72. The molecule has 1 heterocycles. The van der Waals surface area contributed by atoms with Gasteiger partial charge in [-0.25, -0.2) is 0 Å². The van der Waals surface area contributed by atoms with Crippen LogP contribution in [0.2, 0.25) is 0 Å². The summed E-state index contributed by atoms with van der Waals surface area (Å²) in [4.78, 5) is 12.5. The zero-order valence-corrected chi connectivity index (χ0v) is 20.8. The molecule has 0 atom stereocenters. The van der Waals surface area contributed by atoms with E-state index in [1.165, 1.54) is 28.0 Å². The van der Waals surface area contributed by atoms with Crippen molar-refractivity contribution in [3.63, 3.8) is 0 Å². The number of rotatable bonds is 11. The molecule has 0 radical (unpaired) electrons. The number of nitrogens with one attached hydrogen (secondary N) is 1. The SMILES string of the molecule is CC(C)=CCC/C(C)=C/COc1ccc(C(=O)Nc2nnc(SCc3ccccc3)s2)cc1. The number of hydrogen-bond acceptors (Lipinski definition) is 6. The molecule has 0 fully saturated rings. The van der Waals surface area contributed by atoms with Crippen LogP contribution in [-0.4, -0.2) is 22.7 Å².